The van der Waals surface area contributed by atoms with Crippen molar-refractivity contribution in [1.29, 1.82) is 0 Å². The Morgan fingerprint density at radius 2 is 1.92 bits per heavy atom. The molecule has 0 bridgehead atoms. The van der Waals surface area contributed by atoms with Gasteiger partial charge < -0.3 is 24.1 Å². The second kappa shape index (κ2) is 6.54. The molecule has 0 saturated carbocycles. The Hall–Kier alpha value is -3.15. The summed E-state index contributed by atoms with van der Waals surface area (Å²) in [4.78, 5) is 12.4. The van der Waals surface area contributed by atoms with Crippen molar-refractivity contribution in [2.24, 2.45) is 0 Å². The van der Waals surface area contributed by atoms with E-state index in [1.807, 2.05) is 6.07 Å². The van der Waals surface area contributed by atoms with Crippen molar-refractivity contribution in [2.45, 2.75) is 0 Å². The molecule has 0 fully saturated rings. The summed E-state index contributed by atoms with van der Waals surface area (Å²) in [6, 6.07) is 8.27. The second-order valence-electron chi connectivity index (χ2n) is 5.03. The molecule has 1 aliphatic rings. The van der Waals surface area contributed by atoms with Gasteiger partial charge in [0, 0.05) is 12.1 Å². The molecule has 0 aromatic heterocycles. The number of hydrogen-bond acceptors (Lipinski definition) is 6. The minimum absolute atomic E-state index is 0.0790. The Morgan fingerprint density at radius 1 is 1.12 bits per heavy atom. The molecular formula is C18H16O6. The van der Waals surface area contributed by atoms with Crippen LogP contribution in [0, 0.1) is 0 Å². The number of hydrogen-bond donors (Lipinski definition) is 1. The van der Waals surface area contributed by atoms with E-state index in [9.17, 15) is 9.90 Å². The monoisotopic (exact) mass is 328 g/mol. The number of allylic oxidation sites excluding steroid dienone is 1. The lowest BCUT2D eigenvalue weighted by molar-refractivity contribution is 0.104. The fourth-order valence-corrected chi connectivity index (χ4v) is 2.37. The fourth-order valence-electron chi connectivity index (χ4n) is 2.37. The smallest absolute Gasteiger partial charge is 0.231 e. The standard InChI is InChI=1S/C18H16O6/c1-21-12-8-14(20)18(17(9-12)22-2)13(19)5-3-11-4-6-15-16(7-11)24-10-23-15/h3-9,20H,10H2,1-2H3/b5-3+. The van der Waals surface area contributed by atoms with Crippen LogP contribution in [0.4, 0.5) is 0 Å². The van der Waals surface area contributed by atoms with Crippen LogP contribution in [0.5, 0.6) is 28.7 Å². The minimum Gasteiger partial charge on any atom is -0.507 e. The summed E-state index contributed by atoms with van der Waals surface area (Å²) in [6.45, 7) is 0.193. The zero-order valence-electron chi connectivity index (χ0n) is 13.2. The molecule has 0 unspecified atom stereocenters. The molecule has 0 saturated heterocycles. The third-order valence-electron chi connectivity index (χ3n) is 3.58. The van der Waals surface area contributed by atoms with Gasteiger partial charge in [-0.05, 0) is 23.8 Å². The number of rotatable bonds is 5. The van der Waals surface area contributed by atoms with Crippen LogP contribution >= 0.6 is 0 Å². The van der Waals surface area contributed by atoms with Gasteiger partial charge >= 0.3 is 0 Å². The average Bonchev–Trinajstić information content (AvgIpc) is 3.06. The van der Waals surface area contributed by atoms with E-state index in [1.165, 1.54) is 26.4 Å². The van der Waals surface area contributed by atoms with Gasteiger partial charge in [-0.3, -0.25) is 4.79 Å². The van der Waals surface area contributed by atoms with Crippen LogP contribution in [-0.4, -0.2) is 31.9 Å². The zero-order valence-corrected chi connectivity index (χ0v) is 13.2. The molecule has 6 heteroatoms. The number of ether oxygens (including phenoxy) is 4. The van der Waals surface area contributed by atoms with E-state index in [4.69, 9.17) is 18.9 Å². The topological polar surface area (TPSA) is 74.2 Å². The van der Waals surface area contributed by atoms with Gasteiger partial charge in [0.05, 0.1) is 14.2 Å². The Morgan fingerprint density at radius 3 is 2.67 bits per heavy atom. The first-order chi connectivity index (χ1) is 11.6. The van der Waals surface area contributed by atoms with Crippen LogP contribution in [0.2, 0.25) is 0 Å². The van der Waals surface area contributed by atoms with Crippen LogP contribution in [0.3, 0.4) is 0 Å². The predicted octanol–water partition coefficient (Wildman–Crippen LogP) is 3.03. The SMILES string of the molecule is COc1cc(O)c(C(=O)/C=C/c2ccc3c(c2)OCO3)c(OC)c1. The number of aromatic hydroxyl groups is 1. The lowest BCUT2D eigenvalue weighted by Crippen LogP contribution is -2.00. The Kier molecular flexibility index (Phi) is 4.29. The molecule has 2 aromatic rings. The maximum Gasteiger partial charge on any atom is 0.231 e. The quantitative estimate of drug-likeness (QED) is 0.672. The van der Waals surface area contributed by atoms with Crippen molar-refractivity contribution >= 4 is 11.9 Å². The Bertz CT molecular complexity index is 809. The largest absolute Gasteiger partial charge is 0.507 e. The molecule has 6 nitrogen and oxygen atoms in total. The lowest BCUT2D eigenvalue weighted by atomic mass is 10.1. The van der Waals surface area contributed by atoms with Crippen molar-refractivity contribution in [3.8, 4) is 28.7 Å². The van der Waals surface area contributed by atoms with Crippen molar-refractivity contribution in [3.05, 3.63) is 47.5 Å². The number of methoxy groups -OCH3 is 2. The van der Waals surface area contributed by atoms with E-state index < -0.39 is 0 Å². The highest BCUT2D eigenvalue weighted by Gasteiger charge is 2.17. The molecule has 0 aliphatic carbocycles. The van der Waals surface area contributed by atoms with E-state index in [1.54, 1.807) is 24.3 Å². The zero-order chi connectivity index (χ0) is 17.1. The Balaban J connectivity index is 1.87. The summed E-state index contributed by atoms with van der Waals surface area (Å²) < 4.78 is 20.8. The summed E-state index contributed by atoms with van der Waals surface area (Å²) >= 11 is 0. The van der Waals surface area contributed by atoms with Crippen LogP contribution in [0.25, 0.3) is 6.08 Å². The number of benzene rings is 2. The fraction of sp³-hybridized carbons (Fsp3) is 0.167. The summed E-state index contributed by atoms with van der Waals surface area (Å²) in [7, 11) is 2.89. The summed E-state index contributed by atoms with van der Waals surface area (Å²) in [5.41, 5.74) is 0.856. The lowest BCUT2D eigenvalue weighted by Gasteiger charge is -2.10. The number of carbonyl (C=O) groups excluding carboxylic acids is 1. The number of carbonyl (C=O) groups is 1. The molecule has 1 heterocycles. The number of phenolic OH excluding ortho intramolecular Hbond substituents is 1. The second-order valence-corrected chi connectivity index (χ2v) is 5.03. The highest BCUT2D eigenvalue weighted by atomic mass is 16.7. The molecule has 0 atom stereocenters. The molecule has 1 aliphatic heterocycles. The van der Waals surface area contributed by atoms with Crippen LogP contribution in [0.15, 0.2) is 36.4 Å². The molecule has 1 N–H and O–H groups in total. The molecule has 0 spiro atoms. The summed E-state index contributed by atoms with van der Waals surface area (Å²) in [6.07, 6.45) is 3.00. The number of phenols is 1. The van der Waals surface area contributed by atoms with E-state index >= 15 is 0 Å². The highest BCUT2D eigenvalue weighted by molar-refractivity contribution is 6.10. The molecule has 2 aromatic carbocycles. The average molecular weight is 328 g/mol. The van der Waals surface area contributed by atoms with Gasteiger partial charge in [0.1, 0.15) is 22.8 Å². The number of ketones is 1. The van der Waals surface area contributed by atoms with Gasteiger partial charge in [0.2, 0.25) is 6.79 Å². The summed E-state index contributed by atoms with van der Waals surface area (Å²) in [5.74, 6) is 1.37. The third kappa shape index (κ3) is 2.99. The first kappa shape index (κ1) is 15.7. The van der Waals surface area contributed by atoms with Crippen molar-refractivity contribution in [1.82, 2.24) is 0 Å². The highest BCUT2D eigenvalue weighted by Crippen LogP contribution is 2.35. The molecule has 3 rings (SSSR count). The molecular weight excluding hydrogens is 312 g/mol. The van der Waals surface area contributed by atoms with Crippen molar-refractivity contribution in [3.63, 3.8) is 0 Å². The summed E-state index contributed by atoms with van der Waals surface area (Å²) in [5, 5.41) is 10.1. The minimum atomic E-state index is -0.385. The van der Waals surface area contributed by atoms with Crippen molar-refractivity contribution < 1.29 is 28.8 Å². The number of fused-ring (bicyclic) bond motifs is 1. The van der Waals surface area contributed by atoms with Crippen molar-refractivity contribution in [2.75, 3.05) is 21.0 Å². The maximum absolute atomic E-state index is 12.4. The van der Waals surface area contributed by atoms with E-state index in [-0.39, 0.29) is 29.6 Å². The first-order valence-electron chi connectivity index (χ1n) is 7.19. The van der Waals surface area contributed by atoms with Gasteiger partial charge in [-0.25, -0.2) is 0 Å². The molecule has 0 radical (unpaired) electrons. The first-order valence-corrected chi connectivity index (χ1v) is 7.19. The van der Waals surface area contributed by atoms with Gasteiger partial charge in [-0.2, -0.15) is 0 Å². The van der Waals surface area contributed by atoms with Crippen LogP contribution in [-0.2, 0) is 0 Å². The normalized spacial score (nSPS) is 12.4. The third-order valence-corrected chi connectivity index (χ3v) is 3.58. The van der Waals surface area contributed by atoms with Gasteiger partial charge in [0.15, 0.2) is 17.3 Å². The van der Waals surface area contributed by atoms with Crippen LogP contribution < -0.4 is 18.9 Å². The van der Waals surface area contributed by atoms with E-state index in [0.29, 0.717) is 17.2 Å². The molecule has 24 heavy (non-hydrogen) atoms. The van der Waals surface area contributed by atoms with E-state index in [2.05, 4.69) is 0 Å². The van der Waals surface area contributed by atoms with E-state index in [0.717, 1.165) is 5.56 Å². The van der Waals surface area contributed by atoms with Gasteiger partial charge in [-0.15, -0.1) is 0 Å². The van der Waals surface area contributed by atoms with Gasteiger partial charge in [-0.1, -0.05) is 12.1 Å². The predicted molar refractivity (Wildman–Crippen MR) is 87.1 cm³/mol. The maximum atomic E-state index is 12.4. The molecule has 0 amide bonds. The molecule has 124 valence electrons. The van der Waals surface area contributed by atoms with Crippen LogP contribution in [0.1, 0.15) is 15.9 Å². The van der Waals surface area contributed by atoms with Gasteiger partial charge in [0.25, 0.3) is 0 Å². The Labute approximate surface area is 138 Å².